The maximum absolute atomic E-state index is 11.1. The van der Waals surface area contributed by atoms with E-state index in [2.05, 4.69) is 9.47 Å². The van der Waals surface area contributed by atoms with Crippen molar-refractivity contribution in [1.29, 1.82) is 0 Å². The fourth-order valence-electron chi connectivity index (χ4n) is 1.27. The molecule has 4 nitrogen and oxygen atoms in total. The highest BCUT2D eigenvalue weighted by Crippen LogP contribution is 2.04. The lowest BCUT2D eigenvalue weighted by Crippen LogP contribution is -2.07. The summed E-state index contributed by atoms with van der Waals surface area (Å²) < 4.78 is 8.72. The first kappa shape index (κ1) is 12.2. The molecule has 0 aliphatic rings. The molecule has 0 bridgehead atoms. The Balaban J connectivity index is 2.11. The molecule has 1 rings (SSSR count). The lowest BCUT2D eigenvalue weighted by molar-refractivity contribution is -0.150. The predicted octanol–water partition coefficient (Wildman–Crippen LogP) is 1.59. The van der Waals surface area contributed by atoms with Crippen LogP contribution in [0.4, 0.5) is 0 Å². The summed E-state index contributed by atoms with van der Waals surface area (Å²) in [5, 5.41) is 0. The first-order chi connectivity index (χ1) is 7.83. The van der Waals surface area contributed by atoms with Crippen molar-refractivity contribution in [2.75, 3.05) is 6.79 Å². The van der Waals surface area contributed by atoms with E-state index in [-0.39, 0.29) is 12.8 Å². The third kappa shape index (κ3) is 5.14. The van der Waals surface area contributed by atoms with Crippen LogP contribution in [0.25, 0.3) is 0 Å². The summed E-state index contributed by atoms with van der Waals surface area (Å²) >= 11 is 0. The average Bonchev–Trinajstić information content (AvgIpc) is 2.31. The summed E-state index contributed by atoms with van der Waals surface area (Å²) in [5.41, 5.74) is 1.19. The van der Waals surface area contributed by atoms with E-state index in [4.69, 9.17) is 0 Å². The molecule has 0 aliphatic heterocycles. The Morgan fingerprint density at radius 1 is 1.25 bits per heavy atom. The maximum atomic E-state index is 11.1. The van der Waals surface area contributed by atoms with Crippen molar-refractivity contribution in [3.63, 3.8) is 0 Å². The molecule has 0 N–H and O–H groups in total. The fourth-order valence-corrected chi connectivity index (χ4v) is 1.27. The Bertz CT molecular complexity index is 321. The summed E-state index contributed by atoms with van der Waals surface area (Å²) in [7, 11) is 0. The number of aryl methyl sites for hydroxylation is 1. The molecule has 1 aromatic carbocycles. The smallest absolute Gasteiger partial charge is 0.420 e. The Morgan fingerprint density at radius 3 is 2.69 bits per heavy atom. The largest absolute Gasteiger partial charge is 0.428 e. The van der Waals surface area contributed by atoms with Gasteiger partial charge < -0.3 is 9.47 Å². The van der Waals surface area contributed by atoms with Crippen molar-refractivity contribution in [2.45, 2.75) is 19.3 Å². The number of esters is 1. The molecule has 0 spiro atoms. The lowest BCUT2D eigenvalue weighted by atomic mass is 10.1. The standard InChI is InChI=1S/C12H13O4/c13-9-15-10-16-12(14)8-4-7-11-5-2-1-3-6-11/h1-3,5-6H,4,7-8,10H2. The third-order valence-corrected chi connectivity index (χ3v) is 2.03. The number of benzene rings is 1. The monoisotopic (exact) mass is 221 g/mol. The highest BCUT2D eigenvalue weighted by molar-refractivity contribution is 5.69. The molecule has 1 aromatic rings. The van der Waals surface area contributed by atoms with Crippen LogP contribution in [0.2, 0.25) is 0 Å². The number of carbonyl (C=O) groups is 1. The number of rotatable bonds is 7. The van der Waals surface area contributed by atoms with Gasteiger partial charge in [-0.25, -0.2) is 4.79 Å². The number of ether oxygens (including phenoxy) is 2. The van der Waals surface area contributed by atoms with E-state index >= 15 is 0 Å². The van der Waals surface area contributed by atoms with Gasteiger partial charge in [-0.15, -0.1) is 0 Å². The highest BCUT2D eigenvalue weighted by Gasteiger charge is 2.02. The van der Waals surface area contributed by atoms with Crippen LogP contribution in [0.1, 0.15) is 18.4 Å². The molecule has 0 aromatic heterocycles. The molecule has 0 atom stereocenters. The molecule has 0 unspecified atom stereocenters. The molecule has 0 saturated heterocycles. The minimum Gasteiger partial charge on any atom is -0.428 e. The molecular weight excluding hydrogens is 208 g/mol. The topological polar surface area (TPSA) is 52.6 Å². The van der Waals surface area contributed by atoms with Gasteiger partial charge in [0.05, 0.1) is 0 Å². The molecular formula is C12H13O4. The van der Waals surface area contributed by atoms with E-state index in [9.17, 15) is 9.59 Å². The number of carbonyl (C=O) groups excluding carboxylic acids is 2. The Morgan fingerprint density at radius 2 is 2.00 bits per heavy atom. The van der Waals surface area contributed by atoms with E-state index in [0.717, 1.165) is 6.42 Å². The van der Waals surface area contributed by atoms with Crippen molar-refractivity contribution in [3.05, 3.63) is 35.9 Å². The zero-order chi connectivity index (χ0) is 11.6. The van der Waals surface area contributed by atoms with Crippen molar-refractivity contribution >= 4 is 12.4 Å². The molecule has 0 heterocycles. The van der Waals surface area contributed by atoms with Crippen molar-refractivity contribution < 1.29 is 19.1 Å². The molecule has 0 amide bonds. The van der Waals surface area contributed by atoms with Gasteiger partial charge in [0.1, 0.15) is 0 Å². The Labute approximate surface area is 94.2 Å². The second-order valence-electron chi connectivity index (χ2n) is 3.20. The first-order valence-corrected chi connectivity index (χ1v) is 5.01. The molecule has 1 radical (unpaired) electrons. The lowest BCUT2D eigenvalue weighted by Gasteiger charge is -2.02. The Hall–Kier alpha value is -1.84. The van der Waals surface area contributed by atoms with Crippen LogP contribution < -0.4 is 0 Å². The summed E-state index contributed by atoms with van der Waals surface area (Å²) in [5.74, 6) is -0.369. The maximum Gasteiger partial charge on any atom is 0.420 e. The van der Waals surface area contributed by atoms with Gasteiger partial charge >= 0.3 is 12.4 Å². The third-order valence-electron chi connectivity index (χ3n) is 2.03. The SMILES string of the molecule is O=[C]OCOC(=O)CCCc1ccccc1. The van der Waals surface area contributed by atoms with Gasteiger partial charge in [0.25, 0.3) is 0 Å². The molecule has 85 valence electrons. The van der Waals surface area contributed by atoms with E-state index in [1.807, 2.05) is 30.3 Å². The average molecular weight is 221 g/mol. The zero-order valence-corrected chi connectivity index (χ0v) is 8.85. The van der Waals surface area contributed by atoms with E-state index in [1.165, 1.54) is 12.0 Å². The fraction of sp³-hybridized carbons (Fsp3) is 0.333. The van der Waals surface area contributed by atoms with Crippen LogP contribution in [0.15, 0.2) is 30.3 Å². The van der Waals surface area contributed by atoms with Gasteiger partial charge in [-0.05, 0) is 18.4 Å². The van der Waals surface area contributed by atoms with Crippen LogP contribution in [0.3, 0.4) is 0 Å². The predicted molar refractivity (Wildman–Crippen MR) is 57.1 cm³/mol. The summed E-state index contributed by atoms with van der Waals surface area (Å²) in [4.78, 5) is 20.7. The van der Waals surface area contributed by atoms with Gasteiger partial charge in [0, 0.05) is 6.42 Å². The van der Waals surface area contributed by atoms with Gasteiger partial charge in [0.2, 0.25) is 6.79 Å². The Kier molecular flexibility index (Phi) is 5.70. The second-order valence-corrected chi connectivity index (χ2v) is 3.20. The van der Waals surface area contributed by atoms with Crippen LogP contribution in [-0.4, -0.2) is 19.2 Å². The minimum absolute atomic E-state index is 0.317. The van der Waals surface area contributed by atoms with Crippen LogP contribution in [-0.2, 0) is 25.5 Å². The van der Waals surface area contributed by atoms with E-state index < -0.39 is 0 Å². The van der Waals surface area contributed by atoms with Crippen LogP contribution in [0, 0.1) is 0 Å². The molecule has 4 heteroatoms. The zero-order valence-electron chi connectivity index (χ0n) is 8.85. The quantitative estimate of drug-likeness (QED) is 0.398. The molecule has 0 saturated carbocycles. The summed E-state index contributed by atoms with van der Waals surface area (Å²) in [6, 6.07) is 9.89. The van der Waals surface area contributed by atoms with E-state index in [1.54, 1.807) is 0 Å². The minimum atomic E-state index is -0.369. The van der Waals surface area contributed by atoms with Crippen molar-refractivity contribution in [3.8, 4) is 0 Å². The molecule has 16 heavy (non-hydrogen) atoms. The van der Waals surface area contributed by atoms with Gasteiger partial charge in [-0.3, -0.25) is 4.79 Å². The molecule has 0 fully saturated rings. The van der Waals surface area contributed by atoms with Crippen molar-refractivity contribution in [2.24, 2.45) is 0 Å². The van der Waals surface area contributed by atoms with Gasteiger partial charge in [-0.2, -0.15) is 0 Å². The van der Waals surface area contributed by atoms with E-state index in [0.29, 0.717) is 12.8 Å². The first-order valence-electron chi connectivity index (χ1n) is 5.01. The number of hydrogen-bond acceptors (Lipinski definition) is 4. The second kappa shape index (κ2) is 7.45. The van der Waals surface area contributed by atoms with Crippen LogP contribution >= 0.6 is 0 Å². The van der Waals surface area contributed by atoms with Gasteiger partial charge in [-0.1, -0.05) is 30.3 Å². The number of hydrogen-bond donors (Lipinski definition) is 0. The summed E-state index contributed by atoms with van der Waals surface area (Å²) in [6.45, 7) is 0.824. The van der Waals surface area contributed by atoms with Crippen LogP contribution in [0.5, 0.6) is 0 Å². The van der Waals surface area contributed by atoms with Gasteiger partial charge in [0.15, 0.2) is 0 Å². The van der Waals surface area contributed by atoms with Crippen molar-refractivity contribution in [1.82, 2.24) is 0 Å². The highest BCUT2D eigenvalue weighted by atomic mass is 16.7. The molecule has 0 aliphatic carbocycles. The normalized spacial score (nSPS) is 9.50. The summed E-state index contributed by atoms with van der Waals surface area (Å²) in [6.07, 6.45) is 1.86.